The first-order chi connectivity index (χ1) is 10.7. The van der Waals surface area contributed by atoms with E-state index in [1.165, 1.54) is 0 Å². The lowest BCUT2D eigenvalue weighted by Crippen LogP contribution is -2.28. The van der Waals surface area contributed by atoms with Gasteiger partial charge in [-0.05, 0) is 92.0 Å². The number of aromatic carboxylic acids is 1. The second-order valence-corrected chi connectivity index (χ2v) is 7.73. The number of rotatable bonds is 3. The maximum absolute atomic E-state index is 13.6. The van der Waals surface area contributed by atoms with E-state index in [1.54, 1.807) is 12.1 Å². The monoisotopic (exact) mass is 655 g/mol. The number of ether oxygens (including phenoxy) is 1. The third-order valence-corrected chi connectivity index (χ3v) is 4.90. The van der Waals surface area contributed by atoms with E-state index in [0.29, 0.717) is 13.2 Å². The first-order valence-corrected chi connectivity index (χ1v) is 9.02. The molecular formula is C14H4F2I3O4-. The van der Waals surface area contributed by atoms with Crippen molar-refractivity contribution in [1.82, 2.24) is 0 Å². The normalized spacial score (nSPS) is 10.5. The lowest BCUT2D eigenvalue weighted by molar-refractivity contribution is -0.255. The van der Waals surface area contributed by atoms with Gasteiger partial charge in [0.05, 0.1) is 24.2 Å². The molecule has 4 nitrogen and oxygen atoms in total. The average molecular weight is 655 g/mol. The van der Waals surface area contributed by atoms with Crippen molar-refractivity contribution in [3.05, 3.63) is 57.7 Å². The maximum Gasteiger partial charge on any atom is 0.344 e. The van der Waals surface area contributed by atoms with E-state index in [1.807, 2.05) is 45.2 Å². The quantitative estimate of drug-likeness (QED) is 0.290. The van der Waals surface area contributed by atoms with Crippen LogP contribution in [0.4, 0.5) is 8.78 Å². The van der Waals surface area contributed by atoms with Gasteiger partial charge in [0.2, 0.25) is 0 Å². The minimum absolute atomic E-state index is 0.214. The summed E-state index contributed by atoms with van der Waals surface area (Å²) in [5.41, 5.74) is -1.78. The van der Waals surface area contributed by atoms with Crippen molar-refractivity contribution in [2.24, 2.45) is 0 Å². The van der Waals surface area contributed by atoms with Crippen molar-refractivity contribution in [3.8, 4) is 5.75 Å². The van der Waals surface area contributed by atoms with Gasteiger partial charge >= 0.3 is 5.97 Å². The van der Waals surface area contributed by atoms with Crippen LogP contribution in [0.1, 0.15) is 20.7 Å². The largest absolute Gasteiger partial charge is 0.545 e. The van der Waals surface area contributed by atoms with Crippen LogP contribution < -0.4 is 9.84 Å². The molecular weight excluding hydrogens is 651 g/mol. The van der Waals surface area contributed by atoms with E-state index < -0.39 is 34.7 Å². The summed E-state index contributed by atoms with van der Waals surface area (Å²) < 4.78 is 34.1. The number of halogens is 5. The van der Waals surface area contributed by atoms with Gasteiger partial charge in [-0.3, -0.25) is 0 Å². The molecule has 23 heavy (non-hydrogen) atoms. The third kappa shape index (κ3) is 4.10. The molecule has 0 N–H and O–H groups in total. The molecule has 0 saturated heterocycles. The van der Waals surface area contributed by atoms with E-state index in [-0.39, 0.29) is 5.75 Å². The van der Waals surface area contributed by atoms with E-state index in [4.69, 9.17) is 4.74 Å². The number of hydrogen-bond acceptors (Lipinski definition) is 4. The summed E-state index contributed by atoms with van der Waals surface area (Å²) in [5.74, 6) is -5.95. The van der Waals surface area contributed by atoms with Crippen molar-refractivity contribution in [2.45, 2.75) is 0 Å². The maximum atomic E-state index is 13.6. The number of esters is 1. The van der Waals surface area contributed by atoms with E-state index in [2.05, 4.69) is 22.6 Å². The Morgan fingerprint density at radius 1 is 1.04 bits per heavy atom. The molecule has 0 amide bonds. The summed E-state index contributed by atoms with van der Waals surface area (Å²) in [6, 6.07) is 4.99. The van der Waals surface area contributed by atoms with E-state index >= 15 is 0 Å². The molecule has 0 bridgehead atoms. The highest BCUT2D eigenvalue weighted by Crippen LogP contribution is 2.30. The third-order valence-electron chi connectivity index (χ3n) is 2.68. The molecule has 0 radical (unpaired) electrons. The lowest BCUT2D eigenvalue weighted by atomic mass is 10.1. The second kappa shape index (κ2) is 7.55. The van der Waals surface area contributed by atoms with Crippen LogP contribution in [0.25, 0.3) is 0 Å². The van der Waals surface area contributed by atoms with Crippen LogP contribution in [-0.4, -0.2) is 11.9 Å². The molecule has 2 aromatic carbocycles. The fourth-order valence-corrected chi connectivity index (χ4v) is 5.50. The Kier molecular flexibility index (Phi) is 6.16. The highest BCUT2D eigenvalue weighted by molar-refractivity contribution is 14.1. The van der Waals surface area contributed by atoms with Crippen molar-refractivity contribution >= 4 is 79.7 Å². The molecule has 0 heterocycles. The minimum Gasteiger partial charge on any atom is -0.545 e. The Bertz CT molecular complexity index is 801. The average Bonchev–Trinajstić information content (AvgIpc) is 2.44. The first kappa shape index (κ1) is 18.8. The molecule has 0 aromatic heterocycles. The number of hydrogen-bond donors (Lipinski definition) is 0. The molecule has 0 aliphatic carbocycles. The summed E-state index contributed by atoms with van der Waals surface area (Å²) in [6.45, 7) is 0. The summed E-state index contributed by atoms with van der Waals surface area (Å²) >= 11 is 5.99. The first-order valence-electron chi connectivity index (χ1n) is 5.78. The van der Waals surface area contributed by atoms with Crippen LogP contribution in [0, 0.1) is 22.3 Å². The van der Waals surface area contributed by atoms with Crippen LogP contribution in [-0.2, 0) is 0 Å². The van der Waals surface area contributed by atoms with Gasteiger partial charge < -0.3 is 14.6 Å². The Morgan fingerprint density at radius 3 is 2.13 bits per heavy atom. The molecule has 0 aliphatic rings. The van der Waals surface area contributed by atoms with Crippen molar-refractivity contribution in [1.29, 1.82) is 0 Å². The molecule has 0 fully saturated rings. The Labute approximate surface area is 170 Å². The number of carbonyl (C=O) groups excluding carboxylic acids is 2. The van der Waals surface area contributed by atoms with E-state index in [0.717, 1.165) is 9.64 Å². The van der Waals surface area contributed by atoms with Gasteiger partial charge in [-0.1, -0.05) is 0 Å². The van der Waals surface area contributed by atoms with Crippen molar-refractivity contribution < 1.29 is 28.2 Å². The topological polar surface area (TPSA) is 66.4 Å². The molecule has 0 spiro atoms. The van der Waals surface area contributed by atoms with Gasteiger partial charge in [0.15, 0.2) is 17.4 Å². The summed E-state index contributed by atoms with van der Waals surface area (Å²) in [4.78, 5) is 23.2. The predicted molar refractivity (Wildman–Crippen MR) is 100 cm³/mol. The number of carbonyl (C=O) groups is 2. The summed E-state index contributed by atoms with van der Waals surface area (Å²) in [5, 5.41) is 11.0. The SMILES string of the molecule is O=C(Oc1c(I)cc(I)cc1I)c1ccc(F)c(F)c1C(=O)[O-]. The molecule has 9 heteroatoms. The summed E-state index contributed by atoms with van der Waals surface area (Å²) in [6.07, 6.45) is 0. The molecule has 0 aliphatic heterocycles. The van der Waals surface area contributed by atoms with Gasteiger partial charge in [-0.2, -0.15) is 0 Å². The van der Waals surface area contributed by atoms with Crippen LogP contribution in [0.2, 0.25) is 0 Å². The highest BCUT2D eigenvalue weighted by atomic mass is 127. The fourth-order valence-electron chi connectivity index (χ4n) is 1.69. The van der Waals surface area contributed by atoms with Crippen LogP contribution >= 0.6 is 67.8 Å². The second-order valence-electron chi connectivity index (χ2n) is 4.16. The number of benzene rings is 2. The van der Waals surface area contributed by atoms with Gasteiger partial charge in [0, 0.05) is 3.57 Å². The van der Waals surface area contributed by atoms with Gasteiger partial charge in [-0.15, -0.1) is 0 Å². The van der Waals surface area contributed by atoms with Gasteiger partial charge in [-0.25, -0.2) is 13.6 Å². The standard InChI is InChI=1S/C14H5F2I3O4/c15-7-2-1-6(10(11(7)16)13(20)21)14(22)23-12-8(18)3-5(17)4-9(12)19/h1-4H,(H,20,21)/p-1. The zero-order valence-electron chi connectivity index (χ0n) is 10.8. The van der Waals surface area contributed by atoms with Gasteiger partial charge in [0.25, 0.3) is 0 Å². The van der Waals surface area contributed by atoms with Crippen molar-refractivity contribution in [3.63, 3.8) is 0 Å². The fraction of sp³-hybridized carbons (Fsp3) is 0. The predicted octanol–water partition coefficient (Wildman–Crippen LogP) is 3.36. The van der Waals surface area contributed by atoms with Crippen LogP contribution in [0.3, 0.4) is 0 Å². The van der Waals surface area contributed by atoms with Gasteiger partial charge in [0.1, 0.15) is 0 Å². The zero-order valence-corrected chi connectivity index (χ0v) is 17.3. The van der Waals surface area contributed by atoms with E-state index in [9.17, 15) is 23.5 Å². The molecule has 0 unspecified atom stereocenters. The Hall–Kier alpha value is -0.570. The lowest BCUT2D eigenvalue weighted by Gasteiger charge is -2.13. The molecule has 120 valence electrons. The van der Waals surface area contributed by atoms with Crippen LogP contribution in [0.15, 0.2) is 24.3 Å². The molecule has 0 atom stereocenters. The Morgan fingerprint density at radius 2 is 1.61 bits per heavy atom. The number of carboxylic acids is 1. The number of carboxylic acid groups (broad SMARTS) is 1. The summed E-state index contributed by atoms with van der Waals surface area (Å²) in [7, 11) is 0. The zero-order chi connectivity index (χ0) is 17.3. The molecule has 2 rings (SSSR count). The smallest absolute Gasteiger partial charge is 0.344 e. The van der Waals surface area contributed by atoms with Crippen LogP contribution in [0.5, 0.6) is 5.75 Å². The molecule has 2 aromatic rings. The highest BCUT2D eigenvalue weighted by Gasteiger charge is 2.22. The van der Waals surface area contributed by atoms with Crippen molar-refractivity contribution in [2.75, 3.05) is 0 Å². The molecule has 0 saturated carbocycles. The Balaban J connectivity index is 2.47. The minimum atomic E-state index is -2.00.